The van der Waals surface area contributed by atoms with Gasteiger partial charge in [-0.25, -0.2) is 0 Å². The minimum atomic E-state index is 0.748. The fourth-order valence-corrected chi connectivity index (χ4v) is 2.98. The molecule has 2 aromatic rings. The molecule has 0 amide bonds. The van der Waals surface area contributed by atoms with Crippen LogP contribution in [-0.2, 0) is 0 Å². The number of benzene rings is 2. The molecular weight excluding hydrogens is 334 g/mol. The maximum atomic E-state index is 3.55. The molecule has 0 aliphatic carbocycles. The van der Waals surface area contributed by atoms with Crippen molar-refractivity contribution in [3.8, 4) is 0 Å². The molecule has 1 nitrogen and oxygen atoms in total. The Labute approximate surface area is 143 Å². The lowest BCUT2D eigenvalue weighted by atomic mass is 10.1. The van der Waals surface area contributed by atoms with Crippen LogP contribution in [-0.4, -0.2) is 13.1 Å². The van der Waals surface area contributed by atoms with Crippen molar-refractivity contribution < 1.29 is 0 Å². The molecule has 0 saturated carbocycles. The summed E-state index contributed by atoms with van der Waals surface area (Å²) in [5.74, 6) is 1.50. The summed E-state index contributed by atoms with van der Waals surface area (Å²) in [5.41, 5.74) is 1.36. The molecule has 0 radical (unpaired) electrons. The Morgan fingerprint density at radius 2 is 1.36 bits per heavy atom. The SMILES string of the molecule is CC(C)CCN(CCC(C)C)c1ccc2cc(Br)ccc2c1. The zero-order chi connectivity index (χ0) is 16.1. The first kappa shape index (κ1) is 17.3. The van der Waals surface area contributed by atoms with Crippen LogP contribution in [0.25, 0.3) is 10.8 Å². The molecular formula is C20H28BrN. The molecule has 120 valence electrons. The van der Waals surface area contributed by atoms with Gasteiger partial charge in [0, 0.05) is 23.2 Å². The van der Waals surface area contributed by atoms with E-state index >= 15 is 0 Å². The van der Waals surface area contributed by atoms with E-state index < -0.39 is 0 Å². The highest BCUT2D eigenvalue weighted by atomic mass is 79.9. The van der Waals surface area contributed by atoms with Crippen molar-refractivity contribution in [1.82, 2.24) is 0 Å². The number of halogens is 1. The lowest BCUT2D eigenvalue weighted by Crippen LogP contribution is -2.27. The third-order valence-corrected chi connectivity index (χ3v) is 4.60. The lowest BCUT2D eigenvalue weighted by molar-refractivity contribution is 0.535. The quantitative estimate of drug-likeness (QED) is 0.543. The fourth-order valence-electron chi connectivity index (χ4n) is 2.60. The van der Waals surface area contributed by atoms with E-state index in [0.717, 1.165) is 29.4 Å². The minimum absolute atomic E-state index is 0.748. The van der Waals surface area contributed by atoms with Gasteiger partial charge in [0.1, 0.15) is 0 Å². The van der Waals surface area contributed by atoms with E-state index in [2.05, 4.69) is 84.9 Å². The summed E-state index contributed by atoms with van der Waals surface area (Å²) in [6.07, 6.45) is 2.49. The highest BCUT2D eigenvalue weighted by molar-refractivity contribution is 9.10. The van der Waals surface area contributed by atoms with Gasteiger partial charge < -0.3 is 4.90 Å². The predicted molar refractivity (Wildman–Crippen MR) is 103 cm³/mol. The van der Waals surface area contributed by atoms with Crippen LogP contribution in [0.3, 0.4) is 0 Å². The normalized spacial score (nSPS) is 11.6. The first-order valence-corrected chi connectivity index (χ1v) is 9.19. The molecule has 0 aliphatic heterocycles. The molecule has 0 fully saturated rings. The second-order valence-corrected chi connectivity index (χ2v) is 7.94. The molecule has 0 bridgehead atoms. The summed E-state index contributed by atoms with van der Waals surface area (Å²) in [7, 11) is 0. The van der Waals surface area contributed by atoms with E-state index in [1.54, 1.807) is 0 Å². The molecule has 22 heavy (non-hydrogen) atoms. The van der Waals surface area contributed by atoms with Crippen LogP contribution in [0.1, 0.15) is 40.5 Å². The zero-order valence-corrected chi connectivity index (χ0v) is 15.9. The van der Waals surface area contributed by atoms with Gasteiger partial charge >= 0.3 is 0 Å². The van der Waals surface area contributed by atoms with E-state index in [1.165, 1.54) is 29.3 Å². The lowest BCUT2D eigenvalue weighted by Gasteiger charge is -2.27. The monoisotopic (exact) mass is 361 g/mol. The Bertz CT molecular complexity index is 592. The van der Waals surface area contributed by atoms with Crippen molar-refractivity contribution in [2.75, 3.05) is 18.0 Å². The Balaban J connectivity index is 2.22. The molecule has 0 aliphatic rings. The molecule has 0 unspecified atom stereocenters. The molecule has 0 N–H and O–H groups in total. The van der Waals surface area contributed by atoms with Crippen molar-refractivity contribution in [3.63, 3.8) is 0 Å². The maximum absolute atomic E-state index is 3.55. The predicted octanol–water partition coefficient (Wildman–Crippen LogP) is 6.50. The average Bonchev–Trinajstić information content (AvgIpc) is 2.46. The Morgan fingerprint density at radius 3 is 1.95 bits per heavy atom. The molecule has 0 atom stereocenters. The molecule has 2 heteroatoms. The van der Waals surface area contributed by atoms with Crippen LogP contribution in [0.2, 0.25) is 0 Å². The number of anilines is 1. The molecule has 0 heterocycles. The fraction of sp³-hybridized carbons (Fsp3) is 0.500. The summed E-state index contributed by atoms with van der Waals surface area (Å²) in [5, 5.41) is 2.62. The van der Waals surface area contributed by atoms with Gasteiger partial charge in [0.05, 0.1) is 0 Å². The summed E-state index contributed by atoms with van der Waals surface area (Å²) in [6.45, 7) is 11.5. The van der Waals surface area contributed by atoms with Crippen LogP contribution in [0.15, 0.2) is 40.9 Å². The highest BCUT2D eigenvalue weighted by Gasteiger charge is 2.09. The minimum Gasteiger partial charge on any atom is -0.371 e. The number of hydrogen-bond acceptors (Lipinski definition) is 1. The van der Waals surface area contributed by atoms with Crippen molar-refractivity contribution in [3.05, 3.63) is 40.9 Å². The van der Waals surface area contributed by atoms with E-state index in [0.29, 0.717) is 0 Å². The third-order valence-electron chi connectivity index (χ3n) is 4.10. The highest BCUT2D eigenvalue weighted by Crippen LogP contribution is 2.26. The number of hydrogen-bond donors (Lipinski definition) is 0. The van der Waals surface area contributed by atoms with Crippen LogP contribution in [0.5, 0.6) is 0 Å². The van der Waals surface area contributed by atoms with Crippen molar-refractivity contribution >= 4 is 32.4 Å². The summed E-state index contributed by atoms with van der Waals surface area (Å²) < 4.78 is 1.14. The summed E-state index contributed by atoms with van der Waals surface area (Å²) >= 11 is 3.55. The number of fused-ring (bicyclic) bond motifs is 1. The van der Waals surface area contributed by atoms with Crippen LogP contribution >= 0.6 is 15.9 Å². The largest absolute Gasteiger partial charge is 0.371 e. The molecule has 0 spiro atoms. The van der Waals surface area contributed by atoms with E-state index in [4.69, 9.17) is 0 Å². The summed E-state index contributed by atoms with van der Waals surface area (Å²) in [4.78, 5) is 2.56. The zero-order valence-electron chi connectivity index (χ0n) is 14.3. The van der Waals surface area contributed by atoms with Gasteiger partial charge in [0.25, 0.3) is 0 Å². The number of nitrogens with zero attached hydrogens (tertiary/aromatic N) is 1. The average molecular weight is 362 g/mol. The van der Waals surface area contributed by atoms with Gasteiger partial charge in [-0.15, -0.1) is 0 Å². The Morgan fingerprint density at radius 1 is 0.818 bits per heavy atom. The second-order valence-electron chi connectivity index (χ2n) is 7.03. The van der Waals surface area contributed by atoms with Crippen LogP contribution in [0, 0.1) is 11.8 Å². The first-order chi connectivity index (χ1) is 10.5. The van der Waals surface area contributed by atoms with E-state index in [9.17, 15) is 0 Å². The molecule has 2 aromatic carbocycles. The van der Waals surface area contributed by atoms with Crippen LogP contribution in [0.4, 0.5) is 5.69 Å². The Hall–Kier alpha value is -1.02. The van der Waals surface area contributed by atoms with Crippen molar-refractivity contribution in [2.45, 2.75) is 40.5 Å². The standard InChI is InChI=1S/C20H28BrN/c1-15(2)9-11-22(12-10-16(3)4)20-8-6-17-13-19(21)7-5-18(17)14-20/h5-8,13-16H,9-12H2,1-4H3. The third kappa shape index (κ3) is 5.01. The number of rotatable bonds is 7. The van der Waals surface area contributed by atoms with Crippen molar-refractivity contribution in [1.29, 1.82) is 0 Å². The van der Waals surface area contributed by atoms with E-state index in [1.807, 2.05) is 0 Å². The van der Waals surface area contributed by atoms with Gasteiger partial charge in [-0.05, 0) is 59.7 Å². The van der Waals surface area contributed by atoms with Crippen molar-refractivity contribution in [2.24, 2.45) is 11.8 Å². The van der Waals surface area contributed by atoms with E-state index in [-0.39, 0.29) is 0 Å². The maximum Gasteiger partial charge on any atom is 0.0372 e. The van der Waals surface area contributed by atoms with Gasteiger partial charge in [-0.2, -0.15) is 0 Å². The van der Waals surface area contributed by atoms with Gasteiger partial charge in [-0.3, -0.25) is 0 Å². The molecule has 2 rings (SSSR count). The van der Waals surface area contributed by atoms with Gasteiger partial charge in [0.2, 0.25) is 0 Å². The topological polar surface area (TPSA) is 3.24 Å². The summed E-state index contributed by atoms with van der Waals surface area (Å²) in [6, 6.07) is 13.4. The van der Waals surface area contributed by atoms with Crippen LogP contribution < -0.4 is 4.90 Å². The molecule has 0 aromatic heterocycles. The van der Waals surface area contributed by atoms with Gasteiger partial charge in [-0.1, -0.05) is 55.8 Å². The smallest absolute Gasteiger partial charge is 0.0372 e. The first-order valence-electron chi connectivity index (χ1n) is 8.40. The Kier molecular flexibility index (Phi) is 6.31. The van der Waals surface area contributed by atoms with Gasteiger partial charge in [0.15, 0.2) is 0 Å². The molecule has 0 saturated heterocycles. The second kappa shape index (κ2) is 8.01.